The lowest BCUT2D eigenvalue weighted by Crippen LogP contribution is -2.21. The molecule has 0 N–H and O–H groups in total. The van der Waals surface area contributed by atoms with Crippen molar-refractivity contribution in [2.75, 3.05) is 0 Å². The molecule has 122 valence electrons. The standard InChI is InChI=1S/C18H12N4O3/c23-18-15-7-6-14(22(24)25)9-16(15)20-11-21(18)10-13-4-1-3-12-5-2-8-19-17(12)13/h1-9,11H,10H2. The average molecular weight is 332 g/mol. The van der Waals surface area contributed by atoms with Gasteiger partial charge >= 0.3 is 0 Å². The van der Waals surface area contributed by atoms with Gasteiger partial charge in [0, 0.05) is 23.7 Å². The molecule has 0 amide bonds. The number of hydrogen-bond acceptors (Lipinski definition) is 5. The van der Waals surface area contributed by atoms with E-state index in [0.29, 0.717) is 17.4 Å². The van der Waals surface area contributed by atoms with E-state index in [1.165, 1.54) is 29.1 Å². The second-order valence-corrected chi connectivity index (χ2v) is 5.63. The van der Waals surface area contributed by atoms with Crippen LogP contribution in [-0.2, 0) is 6.54 Å². The van der Waals surface area contributed by atoms with Gasteiger partial charge in [0.25, 0.3) is 11.2 Å². The van der Waals surface area contributed by atoms with Gasteiger partial charge < -0.3 is 0 Å². The van der Waals surface area contributed by atoms with E-state index in [1.54, 1.807) is 6.20 Å². The predicted octanol–water partition coefficient (Wildman–Crippen LogP) is 2.90. The van der Waals surface area contributed by atoms with Gasteiger partial charge in [-0.25, -0.2) is 4.98 Å². The minimum Gasteiger partial charge on any atom is -0.294 e. The molecule has 2 aromatic carbocycles. The second kappa shape index (κ2) is 5.79. The number of nitrogens with zero attached hydrogens (tertiary/aromatic N) is 4. The maximum atomic E-state index is 12.7. The van der Waals surface area contributed by atoms with Crippen LogP contribution in [0.2, 0.25) is 0 Å². The van der Waals surface area contributed by atoms with Crippen molar-refractivity contribution in [2.24, 2.45) is 0 Å². The maximum absolute atomic E-state index is 12.7. The molecular formula is C18H12N4O3. The number of fused-ring (bicyclic) bond motifs is 2. The number of nitro benzene ring substituents is 1. The Balaban J connectivity index is 1.82. The first kappa shape index (κ1) is 14.9. The highest BCUT2D eigenvalue weighted by molar-refractivity contribution is 5.82. The smallest absolute Gasteiger partial charge is 0.271 e. The summed E-state index contributed by atoms with van der Waals surface area (Å²) in [6.07, 6.45) is 3.13. The zero-order valence-corrected chi connectivity index (χ0v) is 13.0. The number of hydrogen-bond donors (Lipinski definition) is 0. The van der Waals surface area contributed by atoms with Crippen molar-refractivity contribution in [3.8, 4) is 0 Å². The van der Waals surface area contributed by atoms with Gasteiger partial charge in [0.05, 0.1) is 34.2 Å². The van der Waals surface area contributed by atoms with E-state index in [2.05, 4.69) is 9.97 Å². The molecule has 4 rings (SSSR count). The summed E-state index contributed by atoms with van der Waals surface area (Å²) in [7, 11) is 0. The van der Waals surface area contributed by atoms with Crippen LogP contribution in [0.5, 0.6) is 0 Å². The Morgan fingerprint density at radius 3 is 2.76 bits per heavy atom. The van der Waals surface area contributed by atoms with Crippen LogP contribution in [0.3, 0.4) is 0 Å². The lowest BCUT2D eigenvalue weighted by atomic mass is 10.1. The zero-order valence-electron chi connectivity index (χ0n) is 13.0. The quantitative estimate of drug-likeness (QED) is 0.425. The number of benzene rings is 2. The molecule has 4 aromatic rings. The highest BCUT2D eigenvalue weighted by Gasteiger charge is 2.11. The third-order valence-electron chi connectivity index (χ3n) is 4.08. The highest BCUT2D eigenvalue weighted by atomic mass is 16.6. The van der Waals surface area contributed by atoms with E-state index in [-0.39, 0.29) is 11.2 Å². The lowest BCUT2D eigenvalue weighted by molar-refractivity contribution is -0.384. The van der Waals surface area contributed by atoms with E-state index in [9.17, 15) is 14.9 Å². The fourth-order valence-electron chi connectivity index (χ4n) is 2.85. The average Bonchev–Trinajstić information content (AvgIpc) is 2.64. The highest BCUT2D eigenvalue weighted by Crippen LogP contribution is 2.18. The molecular weight excluding hydrogens is 320 g/mol. The fourth-order valence-corrected chi connectivity index (χ4v) is 2.85. The molecule has 0 saturated carbocycles. The summed E-state index contributed by atoms with van der Waals surface area (Å²) in [5.41, 5.74) is 1.72. The largest absolute Gasteiger partial charge is 0.294 e. The molecule has 0 radical (unpaired) electrons. The topological polar surface area (TPSA) is 90.9 Å². The molecule has 0 aliphatic heterocycles. The number of nitro groups is 1. The van der Waals surface area contributed by atoms with Gasteiger partial charge in [0.2, 0.25) is 0 Å². The minimum atomic E-state index is -0.506. The van der Waals surface area contributed by atoms with Crippen LogP contribution in [-0.4, -0.2) is 19.5 Å². The van der Waals surface area contributed by atoms with Crippen LogP contribution in [0, 0.1) is 10.1 Å². The summed E-state index contributed by atoms with van der Waals surface area (Å²) >= 11 is 0. The molecule has 0 bridgehead atoms. The van der Waals surface area contributed by atoms with Crippen LogP contribution in [0.15, 0.2) is 65.8 Å². The molecule has 0 unspecified atom stereocenters. The summed E-state index contributed by atoms with van der Waals surface area (Å²) in [6.45, 7) is 0.327. The molecule has 2 aromatic heterocycles. The Bertz CT molecular complexity index is 1180. The van der Waals surface area contributed by atoms with Crippen molar-refractivity contribution in [3.63, 3.8) is 0 Å². The number of non-ortho nitro benzene ring substituents is 1. The minimum absolute atomic E-state index is 0.0876. The predicted molar refractivity (Wildman–Crippen MR) is 93.5 cm³/mol. The zero-order chi connectivity index (χ0) is 17.4. The summed E-state index contributed by atoms with van der Waals surface area (Å²) in [6, 6.07) is 13.7. The van der Waals surface area contributed by atoms with E-state index >= 15 is 0 Å². The van der Waals surface area contributed by atoms with Crippen LogP contribution in [0.1, 0.15) is 5.56 Å². The molecule has 7 heteroatoms. The number of pyridine rings is 1. The van der Waals surface area contributed by atoms with Gasteiger partial charge in [-0.15, -0.1) is 0 Å². The molecule has 0 fully saturated rings. The third-order valence-corrected chi connectivity index (χ3v) is 4.08. The SMILES string of the molecule is O=c1c2ccc([N+](=O)[O-])cc2ncn1Cc1cccc2cccnc12. The van der Waals surface area contributed by atoms with Gasteiger partial charge in [-0.05, 0) is 17.7 Å². The fraction of sp³-hybridized carbons (Fsp3) is 0.0556. The monoisotopic (exact) mass is 332 g/mol. The van der Waals surface area contributed by atoms with Crippen molar-refractivity contribution in [2.45, 2.75) is 6.54 Å². The van der Waals surface area contributed by atoms with Crippen LogP contribution in [0.25, 0.3) is 21.8 Å². The van der Waals surface area contributed by atoms with Crippen molar-refractivity contribution < 1.29 is 4.92 Å². The summed E-state index contributed by atoms with van der Waals surface area (Å²) in [5, 5.41) is 12.2. The van der Waals surface area contributed by atoms with Crippen molar-refractivity contribution in [1.82, 2.24) is 14.5 Å². The van der Waals surface area contributed by atoms with Crippen LogP contribution in [0.4, 0.5) is 5.69 Å². The van der Waals surface area contributed by atoms with Crippen LogP contribution < -0.4 is 5.56 Å². The Morgan fingerprint density at radius 1 is 1.08 bits per heavy atom. The van der Waals surface area contributed by atoms with E-state index in [0.717, 1.165) is 16.5 Å². The third kappa shape index (κ3) is 2.61. The van der Waals surface area contributed by atoms with E-state index in [4.69, 9.17) is 0 Å². The molecule has 0 saturated heterocycles. The Hall–Kier alpha value is -3.61. The van der Waals surface area contributed by atoms with Crippen molar-refractivity contribution >= 4 is 27.5 Å². The first-order chi connectivity index (χ1) is 12.1. The van der Waals surface area contributed by atoms with E-state index in [1.807, 2.05) is 30.3 Å². The number of rotatable bonds is 3. The van der Waals surface area contributed by atoms with Gasteiger partial charge in [-0.2, -0.15) is 0 Å². The maximum Gasteiger partial charge on any atom is 0.271 e. The summed E-state index contributed by atoms with van der Waals surface area (Å²) in [4.78, 5) is 31.6. The van der Waals surface area contributed by atoms with Crippen LogP contribution >= 0.6 is 0 Å². The first-order valence-electron chi connectivity index (χ1n) is 7.60. The summed E-state index contributed by atoms with van der Waals surface area (Å²) < 4.78 is 1.48. The Labute approximate surface area is 141 Å². The number of para-hydroxylation sites is 1. The molecule has 0 spiro atoms. The van der Waals surface area contributed by atoms with Gasteiger partial charge in [-0.1, -0.05) is 24.3 Å². The molecule has 0 atom stereocenters. The molecule has 25 heavy (non-hydrogen) atoms. The first-order valence-corrected chi connectivity index (χ1v) is 7.60. The Morgan fingerprint density at radius 2 is 1.92 bits per heavy atom. The Kier molecular flexibility index (Phi) is 3.46. The molecule has 7 nitrogen and oxygen atoms in total. The second-order valence-electron chi connectivity index (χ2n) is 5.63. The van der Waals surface area contributed by atoms with Gasteiger partial charge in [0.15, 0.2) is 0 Å². The van der Waals surface area contributed by atoms with Crippen molar-refractivity contribution in [3.05, 3.63) is 87.1 Å². The molecule has 0 aliphatic carbocycles. The van der Waals surface area contributed by atoms with Gasteiger partial charge in [-0.3, -0.25) is 24.5 Å². The summed E-state index contributed by atoms with van der Waals surface area (Å²) in [5.74, 6) is 0. The van der Waals surface area contributed by atoms with Gasteiger partial charge in [0.1, 0.15) is 0 Å². The lowest BCUT2D eigenvalue weighted by Gasteiger charge is -2.09. The van der Waals surface area contributed by atoms with Crippen molar-refractivity contribution in [1.29, 1.82) is 0 Å². The number of aromatic nitrogens is 3. The van der Waals surface area contributed by atoms with E-state index < -0.39 is 4.92 Å². The molecule has 0 aliphatic rings. The molecule has 2 heterocycles. The normalized spacial score (nSPS) is 11.0.